The van der Waals surface area contributed by atoms with Crippen molar-refractivity contribution in [2.45, 2.75) is 25.3 Å². The molecule has 92 valence electrons. The van der Waals surface area contributed by atoms with Crippen LogP contribution in [0, 0.1) is 0 Å². The maximum absolute atomic E-state index is 10.6. The van der Waals surface area contributed by atoms with Crippen LogP contribution >= 0.6 is 0 Å². The molecule has 1 atom stereocenters. The molecule has 1 aliphatic heterocycles. The zero-order valence-corrected chi connectivity index (χ0v) is 9.80. The first-order chi connectivity index (χ1) is 8.16. The maximum atomic E-state index is 10.6. The fourth-order valence-corrected chi connectivity index (χ4v) is 2.21. The van der Waals surface area contributed by atoms with Gasteiger partial charge in [0.25, 0.3) is 0 Å². The second-order valence-corrected chi connectivity index (χ2v) is 4.49. The molecule has 0 radical (unpaired) electrons. The van der Waals surface area contributed by atoms with Gasteiger partial charge in [-0.1, -0.05) is 12.1 Å². The molecule has 17 heavy (non-hydrogen) atoms. The first-order valence-electron chi connectivity index (χ1n) is 5.99. The van der Waals surface area contributed by atoms with Gasteiger partial charge in [-0.25, -0.2) is 0 Å². The van der Waals surface area contributed by atoms with Gasteiger partial charge in [-0.3, -0.25) is 4.79 Å². The van der Waals surface area contributed by atoms with E-state index in [1.807, 2.05) is 24.3 Å². The molecule has 0 aliphatic carbocycles. The Morgan fingerprint density at radius 2 is 1.88 bits per heavy atom. The smallest absolute Gasteiger partial charge is 0.305 e. The Morgan fingerprint density at radius 1 is 1.29 bits per heavy atom. The zero-order chi connectivity index (χ0) is 12.3. The van der Waals surface area contributed by atoms with Crippen molar-refractivity contribution in [3.8, 4) is 0 Å². The predicted molar refractivity (Wildman–Crippen MR) is 67.1 cm³/mol. The molecule has 0 spiro atoms. The Kier molecular flexibility index (Phi) is 3.64. The van der Waals surface area contributed by atoms with E-state index in [9.17, 15) is 4.79 Å². The highest BCUT2D eigenvalue weighted by atomic mass is 16.4. The van der Waals surface area contributed by atoms with Crippen LogP contribution in [0.3, 0.4) is 0 Å². The molecule has 0 aromatic heterocycles. The second kappa shape index (κ2) is 5.19. The van der Waals surface area contributed by atoms with Crippen molar-refractivity contribution < 1.29 is 9.90 Å². The molecule has 1 heterocycles. The van der Waals surface area contributed by atoms with E-state index in [-0.39, 0.29) is 6.42 Å². The third-order valence-electron chi connectivity index (χ3n) is 3.19. The van der Waals surface area contributed by atoms with Crippen LogP contribution in [-0.4, -0.2) is 24.2 Å². The number of rotatable bonds is 4. The first-order valence-corrected chi connectivity index (χ1v) is 5.99. The second-order valence-electron chi connectivity index (χ2n) is 4.49. The van der Waals surface area contributed by atoms with Gasteiger partial charge >= 0.3 is 5.97 Å². The number of benzene rings is 1. The number of nitrogens with zero attached hydrogens (tertiary/aromatic N) is 1. The highest BCUT2D eigenvalue weighted by Crippen LogP contribution is 2.22. The van der Waals surface area contributed by atoms with E-state index in [0.717, 1.165) is 18.7 Å². The molecule has 0 unspecified atom stereocenters. The fourth-order valence-electron chi connectivity index (χ4n) is 2.21. The Morgan fingerprint density at radius 3 is 2.41 bits per heavy atom. The monoisotopic (exact) mass is 234 g/mol. The lowest BCUT2D eigenvalue weighted by Gasteiger charge is -2.18. The van der Waals surface area contributed by atoms with Crippen molar-refractivity contribution in [3.05, 3.63) is 29.8 Å². The summed E-state index contributed by atoms with van der Waals surface area (Å²) in [5, 5.41) is 8.68. The van der Waals surface area contributed by atoms with Gasteiger partial charge < -0.3 is 15.7 Å². The Balaban J connectivity index is 2.04. The van der Waals surface area contributed by atoms with Gasteiger partial charge in [0.1, 0.15) is 0 Å². The van der Waals surface area contributed by atoms with Crippen molar-refractivity contribution >= 4 is 11.7 Å². The van der Waals surface area contributed by atoms with Crippen molar-refractivity contribution in [2.24, 2.45) is 5.73 Å². The normalized spacial score (nSPS) is 17.1. The number of carboxylic acid groups (broad SMARTS) is 1. The minimum Gasteiger partial charge on any atom is -0.481 e. The molecule has 1 saturated heterocycles. The van der Waals surface area contributed by atoms with Crippen molar-refractivity contribution in [1.29, 1.82) is 0 Å². The molecular formula is C13H18N2O2. The van der Waals surface area contributed by atoms with Gasteiger partial charge in [-0.05, 0) is 30.5 Å². The van der Waals surface area contributed by atoms with Gasteiger partial charge in [-0.15, -0.1) is 0 Å². The molecular weight excluding hydrogens is 216 g/mol. The number of aliphatic carboxylic acids is 1. The molecule has 1 aromatic rings. The van der Waals surface area contributed by atoms with Gasteiger partial charge in [0.15, 0.2) is 0 Å². The van der Waals surface area contributed by atoms with Crippen molar-refractivity contribution in [1.82, 2.24) is 0 Å². The highest BCUT2D eigenvalue weighted by molar-refractivity contribution is 5.68. The maximum Gasteiger partial charge on any atom is 0.305 e. The summed E-state index contributed by atoms with van der Waals surface area (Å²) in [5.74, 6) is -0.860. The Bertz CT molecular complexity index is 383. The summed E-state index contributed by atoms with van der Waals surface area (Å²) in [4.78, 5) is 12.9. The molecule has 3 N–H and O–H groups in total. The SMILES string of the molecule is N[C@@H](CC(=O)O)c1ccc(N2CCCC2)cc1. The number of nitrogens with two attached hydrogens (primary N) is 1. The minimum atomic E-state index is -0.860. The van der Waals surface area contributed by atoms with Gasteiger partial charge in [0.2, 0.25) is 0 Å². The number of hydrogen-bond donors (Lipinski definition) is 2. The van der Waals surface area contributed by atoms with Crippen LogP contribution in [0.4, 0.5) is 5.69 Å². The summed E-state index contributed by atoms with van der Waals surface area (Å²) in [7, 11) is 0. The topological polar surface area (TPSA) is 66.6 Å². The third kappa shape index (κ3) is 2.97. The average molecular weight is 234 g/mol. The van der Waals surface area contributed by atoms with Crippen molar-refractivity contribution in [2.75, 3.05) is 18.0 Å². The largest absolute Gasteiger partial charge is 0.481 e. The third-order valence-corrected chi connectivity index (χ3v) is 3.19. The molecule has 1 fully saturated rings. The van der Waals surface area contributed by atoms with E-state index < -0.39 is 12.0 Å². The fraction of sp³-hybridized carbons (Fsp3) is 0.462. The average Bonchev–Trinajstić information content (AvgIpc) is 2.82. The highest BCUT2D eigenvalue weighted by Gasteiger charge is 2.14. The van der Waals surface area contributed by atoms with Gasteiger partial charge in [-0.2, -0.15) is 0 Å². The molecule has 1 aromatic carbocycles. The number of anilines is 1. The van der Waals surface area contributed by atoms with Gasteiger partial charge in [0.05, 0.1) is 6.42 Å². The molecule has 1 aliphatic rings. The summed E-state index contributed by atoms with van der Waals surface area (Å²) >= 11 is 0. The quantitative estimate of drug-likeness (QED) is 0.833. The Hall–Kier alpha value is -1.55. The number of carboxylic acids is 1. The molecule has 4 nitrogen and oxygen atoms in total. The van der Waals surface area contributed by atoms with E-state index in [4.69, 9.17) is 10.8 Å². The van der Waals surface area contributed by atoms with E-state index in [2.05, 4.69) is 4.90 Å². The van der Waals surface area contributed by atoms with Crippen LogP contribution in [0.25, 0.3) is 0 Å². The lowest BCUT2D eigenvalue weighted by molar-refractivity contribution is -0.137. The number of hydrogen-bond acceptors (Lipinski definition) is 3. The molecule has 2 rings (SSSR count). The van der Waals surface area contributed by atoms with Crippen LogP contribution in [0.1, 0.15) is 30.9 Å². The number of carbonyl (C=O) groups is 1. The van der Waals surface area contributed by atoms with Gasteiger partial charge in [0, 0.05) is 24.8 Å². The molecule has 4 heteroatoms. The van der Waals surface area contributed by atoms with E-state index in [1.54, 1.807) is 0 Å². The van der Waals surface area contributed by atoms with E-state index in [1.165, 1.54) is 18.5 Å². The lowest BCUT2D eigenvalue weighted by atomic mass is 10.0. The molecule has 0 bridgehead atoms. The molecule has 0 amide bonds. The summed E-state index contributed by atoms with van der Waals surface area (Å²) in [5.41, 5.74) is 7.89. The van der Waals surface area contributed by atoms with Crippen LogP contribution in [0.15, 0.2) is 24.3 Å². The summed E-state index contributed by atoms with van der Waals surface area (Å²) in [6.45, 7) is 2.22. The molecule has 0 saturated carbocycles. The minimum absolute atomic E-state index is 0.0247. The summed E-state index contributed by atoms with van der Waals surface area (Å²) in [6, 6.07) is 7.51. The van der Waals surface area contributed by atoms with E-state index >= 15 is 0 Å². The van der Waals surface area contributed by atoms with Crippen molar-refractivity contribution in [3.63, 3.8) is 0 Å². The van der Waals surface area contributed by atoms with Crippen LogP contribution in [-0.2, 0) is 4.79 Å². The first kappa shape index (κ1) is 11.9. The van der Waals surface area contributed by atoms with E-state index in [0.29, 0.717) is 0 Å². The zero-order valence-electron chi connectivity index (χ0n) is 9.80. The predicted octanol–water partition coefficient (Wildman–Crippen LogP) is 1.76. The lowest BCUT2D eigenvalue weighted by Crippen LogP contribution is -2.18. The Labute approximate surface area is 101 Å². The van der Waals surface area contributed by atoms with Crippen LogP contribution < -0.4 is 10.6 Å². The van der Waals surface area contributed by atoms with Crippen LogP contribution in [0.2, 0.25) is 0 Å². The summed E-state index contributed by atoms with van der Waals surface area (Å²) in [6.07, 6.45) is 2.48. The standard InChI is InChI=1S/C13H18N2O2/c14-12(9-13(16)17)10-3-5-11(6-4-10)15-7-1-2-8-15/h3-6,12H,1-2,7-9,14H2,(H,16,17)/t12-/m0/s1. The van der Waals surface area contributed by atoms with Crippen LogP contribution in [0.5, 0.6) is 0 Å². The summed E-state index contributed by atoms with van der Waals surface area (Å²) < 4.78 is 0.